The maximum absolute atomic E-state index is 13.4. The molecule has 0 saturated carbocycles. The summed E-state index contributed by atoms with van der Waals surface area (Å²) in [5.74, 6) is -0.247. The highest BCUT2D eigenvalue weighted by atomic mass is 35.5. The Morgan fingerprint density at radius 2 is 1.93 bits per heavy atom. The van der Waals surface area contributed by atoms with Crippen molar-refractivity contribution in [3.63, 3.8) is 0 Å². The van der Waals surface area contributed by atoms with Gasteiger partial charge in [0.2, 0.25) is 0 Å². The number of benzene rings is 2. The molecule has 0 bridgehead atoms. The Bertz CT molecular complexity index is 1010. The van der Waals surface area contributed by atoms with E-state index in [0.29, 0.717) is 11.6 Å². The van der Waals surface area contributed by atoms with E-state index in [1.807, 2.05) is 32.2 Å². The largest absolute Gasteiger partial charge is 0.395 e. The normalized spacial score (nSPS) is 12.1. The van der Waals surface area contributed by atoms with Crippen LogP contribution in [-0.4, -0.2) is 41.3 Å². The Labute approximate surface area is 179 Å². The molecule has 1 N–H and O–H groups in total. The quantitative estimate of drug-likeness (QED) is 0.551. The number of likely N-dealkylation sites (N-methyl/N-ethyl adjacent to an activating group) is 1. The van der Waals surface area contributed by atoms with E-state index < -0.39 is 0 Å². The highest BCUT2D eigenvalue weighted by molar-refractivity contribution is 7.07. The van der Waals surface area contributed by atoms with Gasteiger partial charge in [0.15, 0.2) is 4.80 Å². The van der Waals surface area contributed by atoms with Crippen LogP contribution in [-0.2, 0) is 6.54 Å². The Hall–Kier alpha value is -1.99. The molecule has 0 saturated heterocycles. The molecule has 29 heavy (non-hydrogen) atoms. The number of aliphatic hydroxyl groups excluding tert-OH is 1. The summed E-state index contributed by atoms with van der Waals surface area (Å²) in [4.78, 5) is 7.87. The first-order valence-electron chi connectivity index (χ1n) is 9.52. The van der Waals surface area contributed by atoms with E-state index >= 15 is 0 Å². The summed E-state index contributed by atoms with van der Waals surface area (Å²) < 4.78 is 15.6. The van der Waals surface area contributed by atoms with Crippen LogP contribution >= 0.6 is 22.9 Å². The van der Waals surface area contributed by atoms with Crippen LogP contribution in [0.25, 0.3) is 11.3 Å². The van der Waals surface area contributed by atoms with Gasteiger partial charge in [-0.2, -0.15) is 0 Å². The number of aryl methyl sites for hydroxylation is 1. The average Bonchev–Trinajstić information content (AvgIpc) is 3.07. The Morgan fingerprint density at radius 3 is 2.62 bits per heavy atom. The predicted molar refractivity (Wildman–Crippen MR) is 118 cm³/mol. The first-order valence-corrected chi connectivity index (χ1v) is 10.8. The minimum absolute atomic E-state index is 0.152. The molecule has 0 aliphatic heterocycles. The molecule has 4 nitrogen and oxygen atoms in total. The summed E-state index contributed by atoms with van der Waals surface area (Å²) in [6, 6.07) is 12.2. The molecule has 2 aromatic carbocycles. The van der Waals surface area contributed by atoms with Gasteiger partial charge in [-0.15, -0.1) is 11.3 Å². The van der Waals surface area contributed by atoms with E-state index in [4.69, 9.17) is 21.7 Å². The molecule has 0 aliphatic carbocycles. The lowest BCUT2D eigenvalue weighted by Gasteiger charge is -2.16. The zero-order valence-corrected chi connectivity index (χ0v) is 18.2. The summed E-state index contributed by atoms with van der Waals surface area (Å²) in [7, 11) is 2.00. The number of aliphatic hydroxyl groups is 1. The summed E-state index contributed by atoms with van der Waals surface area (Å²) in [5.41, 5.74) is 3.88. The van der Waals surface area contributed by atoms with Crippen LogP contribution in [0.4, 0.5) is 10.1 Å². The van der Waals surface area contributed by atoms with E-state index in [1.165, 1.54) is 12.1 Å². The topological polar surface area (TPSA) is 40.8 Å². The molecule has 154 valence electrons. The second-order valence-corrected chi connectivity index (χ2v) is 8.26. The van der Waals surface area contributed by atoms with Crippen molar-refractivity contribution in [2.45, 2.75) is 19.9 Å². The van der Waals surface area contributed by atoms with Crippen molar-refractivity contribution in [1.29, 1.82) is 0 Å². The second-order valence-electron chi connectivity index (χ2n) is 6.99. The van der Waals surface area contributed by atoms with Gasteiger partial charge in [0.1, 0.15) is 5.82 Å². The van der Waals surface area contributed by atoms with Gasteiger partial charge >= 0.3 is 0 Å². The van der Waals surface area contributed by atoms with Crippen LogP contribution in [0, 0.1) is 12.7 Å². The van der Waals surface area contributed by atoms with Crippen LogP contribution in [0.15, 0.2) is 52.8 Å². The zero-order chi connectivity index (χ0) is 20.8. The van der Waals surface area contributed by atoms with Crippen LogP contribution in [0.5, 0.6) is 0 Å². The Kier molecular flexibility index (Phi) is 7.61. The van der Waals surface area contributed by atoms with Crippen molar-refractivity contribution < 1.29 is 9.50 Å². The number of nitrogens with zero attached hydrogens (tertiary/aromatic N) is 3. The lowest BCUT2D eigenvalue weighted by atomic mass is 10.1. The smallest absolute Gasteiger partial charge is 0.190 e. The molecule has 1 aromatic heterocycles. The monoisotopic (exact) mass is 433 g/mol. The van der Waals surface area contributed by atoms with Crippen molar-refractivity contribution in [3.8, 4) is 11.3 Å². The summed E-state index contributed by atoms with van der Waals surface area (Å²) in [5, 5.41) is 11.8. The number of rotatable bonds is 8. The summed E-state index contributed by atoms with van der Waals surface area (Å²) in [6.45, 7) is 4.44. The molecule has 3 aromatic rings. The van der Waals surface area contributed by atoms with Gasteiger partial charge in [-0.1, -0.05) is 11.6 Å². The van der Waals surface area contributed by atoms with Gasteiger partial charge in [-0.3, -0.25) is 0 Å². The van der Waals surface area contributed by atoms with Crippen LogP contribution in [0.3, 0.4) is 0 Å². The van der Waals surface area contributed by atoms with Gasteiger partial charge in [-0.05, 0) is 80.5 Å². The van der Waals surface area contributed by atoms with E-state index in [2.05, 4.69) is 14.8 Å². The zero-order valence-electron chi connectivity index (χ0n) is 16.6. The number of aromatic nitrogens is 1. The van der Waals surface area contributed by atoms with Crippen molar-refractivity contribution in [2.24, 2.45) is 4.99 Å². The van der Waals surface area contributed by atoms with E-state index in [-0.39, 0.29) is 12.4 Å². The highest BCUT2D eigenvalue weighted by Crippen LogP contribution is 2.24. The van der Waals surface area contributed by atoms with Crippen molar-refractivity contribution in [3.05, 3.63) is 69.0 Å². The van der Waals surface area contributed by atoms with Crippen LogP contribution in [0.2, 0.25) is 5.02 Å². The highest BCUT2D eigenvalue weighted by Gasteiger charge is 2.10. The molecule has 0 amide bonds. The number of hydrogen-bond acceptors (Lipinski definition) is 4. The lowest BCUT2D eigenvalue weighted by molar-refractivity contribution is 0.218. The average molecular weight is 434 g/mol. The molecule has 3 rings (SSSR count). The maximum Gasteiger partial charge on any atom is 0.190 e. The maximum atomic E-state index is 13.4. The molecule has 0 aliphatic rings. The van der Waals surface area contributed by atoms with E-state index in [1.54, 1.807) is 23.5 Å². The summed E-state index contributed by atoms with van der Waals surface area (Å²) in [6.07, 6.45) is 0.911. The lowest BCUT2D eigenvalue weighted by Crippen LogP contribution is -2.25. The molecule has 0 spiro atoms. The molecular weight excluding hydrogens is 409 g/mol. The van der Waals surface area contributed by atoms with Gasteiger partial charge in [0.25, 0.3) is 0 Å². The third-order valence-corrected chi connectivity index (χ3v) is 5.81. The number of halogens is 2. The molecule has 0 radical (unpaired) electrons. The van der Waals surface area contributed by atoms with E-state index in [9.17, 15) is 4.39 Å². The molecule has 0 fully saturated rings. The van der Waals surface area contributed by atoms with Gasteiger partial charge in [-0.25, -0.2) is 9.38 Å². The third-order valence-electron chi connectivity index (χ3n) is 4.72. The first-order chi connectivity index (χ1) is 14.0. The third kappa shape index (κ3) is 5.76. The summed E-state index contributed by atoms with van der Waals surface area (Å²) >= 11 is 7.64. The molecule has 0 atom stereocenters. The number of thiazole rings is 1. The van der Waals surface area contributed by atoms with Crippen molar-refractivity contribution in [1.82, 2.24) is 9.47 Å². The first kappa shape index (κ1) is 21.7. The Balaban J connectivity index is 1.97. The molecule has 1 heterocycles. The standard InChI is InChI=1S/C22H25ClFN3OS/c1-16-14-18(23)6-9-20(16)25-22-27(11-3-10-26(2)12-13-28)21(15-29-22)17-4-7-19(24)8-5-17/h4-9,14-15,28H,3,10-13H2,1-2H3. The SMILES string of the molecule is Cc1cc(Cl)ccc1N=c1scc(-c2ccc(F)cc2)n1CCCN(C)CCO. The van der Waals surface area contributed by atoms with Crippen LogP contribution < -0.4 is 4.80 Å². The Morgan fingerprint density at radius 1 is 1.17 bits per heavy atom. The number of hydrogen-bond donors (Lipinski definition) is 1. The van der Waals surface area contributed by atoms with E-state index in [0.717, 1.165) is 46.8 Å². The minimum atomic E-state index is -0.247. The van der Waals surface area contributed by atoms with Crippen LogP contribution in [0.1, 0.15) is 12.0 Å². The van der Waals surface area contributed by atoms with Gasteiger partial charge in [0.05, 0.1) is 18.0 Å². The second kappa shape index (κ2) is 10.2. The van der Waals surface area contributed by atoms with Crippen molar-refractivity contribution in [2.75, 3.05) is 26.7 Å². The molecule has 7 heteroatoms. The molecular formula is C22H25ClFN3OS. The van der Waals surface area contributed by atoms with Crippen molar-refractivity contribution >= 4 is 28.6 Å². The minimum Gasteiger partial charge on any atom is -0.395 e. The van der Waals surface area contributed by atoms with Gasteiger partial charge in [0, 0.05) is 23.5 Å². The fourth-order valence-electron chi connectivity index (χ4n) is 3.11. The van der Waals surface area contributed by atoms with Gasteiger partial charge < -0.3 is 14.6 Å². The molecule has 0 unspecified atom stereocenters. The predicted octanol–water partition coefficient (Wildman–Crippen LogP) is 4.86. The fourth-order valence-corrected chi connectivity index (χ4v) is 4.29. The fraction of sp³-hybridized carbons (Fsp3) is 0.318.